The summed E-state index contributed by atoms with van der Waals surface area (Å²) in [6.45, 7) is 6.13. The number of hydrogen-bond acceptors (Lipinski definition) is 1. The van der Waals surface area contributed by atoms with Gasteiger partial charge in [-0.05, 0) is 13.3 Å². The van der Waals surface area contributed by atoms with Gasteiger partial charge < -0.3 is 10.2 Å². The lowest BCUT2D eigenvalue weighted by Crippen LogP contribution is -1.92. The lowest BCUT2D eigenvalue weighted by Gasteiger charge is -2.00. The van der Waals surface area contributed by atoms with E-state index in [1.165, 1.54) is 38.5 Å². The summed E-state index contributed by atoms with van der Waals surface area (Å²) in [4.78, 5) is 0. The zero-order valence-corrected chi connectivity index (χ0v) is 8.57. The third kappa shape index (κ3) is 12.6. The Balaban J connectivity index is 0. The summed E-state index contributed by atoms with van der Waals surface area (Å²) in [6, 6.07) is 0. The fourth-order valence-electron chi connectivity index (χ4n) is 1.13. The van der Waals surface area contributed by atoms with Gasteiger partial charge in [0.1, 0.15) is 0 Å². The standard InChI is InChI=1S/C10H22O.H2O/c1-3-5-6-7-8-9-10-11-4-2;/h3-10H2,1-2H3;1H2. The SMILES string of the molecule is CCCCCCCCOCC.O. The highest BCUT2D eigenvalue weighted by molar-refractivity contribution is 4.42. The molecule has 0 aliphatic rings. The number of unbranched alkanes of at least 4 members (excludes halogenated alkanes) is 5. The van der Waals surface area contributed by atoms with Gasteiger partial charge in [0.25, 0.3) is 0 Å². The first kappa shape index (κ1) is 14.4. The van der Waals surface area contributed by atoms with Crippen molar-refractivity contribution >= 4 is 0 Å². The molecule has 0 aromatic carbocycles. The number of ether oxygens (including phenoxy) is 1. The lowest BCUT2D eigenvalue weighted by atomic mass is 10.1. The van der Waals surface area contributed by atoms with Gasteiger partial charge in [0.2, 0.25) is 0 Å². The maximum Gasteiger partial charge on any atom is 0.0465 e. The average molecular weight is 176 g/mol. The molecule has 0 unspecified atom stereocenters. The van der Waals surface area contributed by atoms with Crippen molar-refractivity contribution in [2.24, 2.45) is 0 Å². The summed E-state index contributed by atoms with van der Waals surface area (Å²) in [7, 11) is 0. The highest BCUT2D eigenvalue weighted by Crippen LogP contribution is 2.04. The first-order chi connectivity index (χ1) is 5.41. The highest BCUT2D eigenvalue weighted by atomic mass is 16.5. The summed E-state index contributed by atoms with van der Waals surface area (Å²) < 4.78 is 5.24. The van der Waals surface area contributed by atoms with Gasteiger partial charge >= 0.3 is 0 Å². The topological polar surface area (TPSA) is 40.7 Å². The Labute approximate surface area is 76.6 Å². The molecule has 76 valence electrons. The van der Waals surface area contributed by atoms with E-state index in [1.54, 1.807) is 0 Å². The molecule has 0 aromatic heterocycles. The summed E-state index contributed by atoms with van der Waals surface area (Å²) in [6.07, 6.45) is 8.13. The zero-order chi connectivity index (χ0) is 8.36. The monoisotopic (exact) mass is 176 g/mol. The van der Waals surface area contributed by atoms with Crippen molar-refractivity contribution in [3.05, 3.63) is 0 Å². The van der Waals surface area contributed by atoms with Crippen molar-refractivity contribution in [2.75, 3.05) is 13.2 Å². The van der Waals surface area contributed by atoms with Gasteiger partial charge in [-0.2, -0.15) is 0 Å². The van der Waals surface area contributed by atoms with Crippen LogP contribution in [-0.2, 0) is 4.74 Å². The summed E-state index contributed by atoms with van der Waals surface area (Å²) in [5.74, 6) is 0. The van der Waals surface area contributed by atoms with Gasteiger partial charge in [-0.3, -0.25) is 0 Å². The second-order valence-corrected chi connectivity index (χ2v) is 2.96. The molecule has 0 bridgehead atoms. The molecule has 2 nitrogen and oxygen atoms in total. The van der Waals surface area contributed by atoms with E-state index < -0.39 is 0 Å². The quantitative estimate of drug-likeness (QED) is 0.524. The van der Waals surface area contributed by atoms with Crippen molar-refractivity contribution in [2.45, 2.75) is 52.4 Å². The Kier molecular flexibility index (Phi) is 16.3. The van der Waals surface area contributed by atoms with Gasteiger partial charge in [-0.15, -0.1) is 0 Å². The summed E-state index contributed by atoms with van der Waals surface area (Å²) >= 11 is 0. The largest absolute Gasteiger partial charge is 0.412 e. The van der Waals surface area contributed by atoms with Crippen LogP contribution in [0, 0.1) is 0 Å². The third-order valence-corrected chi connectivity index (χ3v) is 1.85. The predicted molar refractivity (Wildman–Crippen MR) is 53.5 cm³/mol. The van der Waals surface area contributed by atoms with E-state index in [1.807, 2.05) is 0 Å². The molecule has 0 saturated carbocycles. The van der Waals surface area contributed by atoms with E-state index in [2.05, 4.69) is 13.8 Å². The van der Waals surface area contributed by atoms with Crippen LogP contribution in [0.2, 0.25) is 0 Å². The molecular formula is C10H24O2. The molecule has 0 heterocycles. The molecule has 0 radical (unpaired) electrons. The fourth-order valence-corrected chi connectivity index (χ4v) is 1.13. The molecule has 0 aromatic rings. The van der Waals surface area contributed by atoms with E-state index in [-0.39, 0.29) is 5.48 Å². The highest BCUT2D eigenvalue weighted by Gasteiger charge is 1.88. The van der Waals surface area contributed by atoms with Crippen LogP contribution >= 0.6 is 0 Å². The molecular weight excluding hydrogens is 152 g/mol. The second-order valence-electron chi connectivity index (χ2n) is 2.96. The molecule has 0 rings (SSSR count). The Bertz CT molecular complexity index is 56.9. The van der Waals surface area contributed by atoms with Crippen LogP contribution in [0.1, 0.15) is 52.4 Å². The summed E-state index contributed by atoms with van der Waals surface area (Å²) in [5, 5.41) is 0. The minimum atomic E-state index is 0. The van der Waals surface area contributed by atoms with Gasteiger partial charge in [0.05, 0.1) is 0 Å². The maximum absolute atomic E-state index is 5.24. The minimum absolute atomic E-state index is 0. The Morgan fingerprint density at radius 1 is 0.833 bits per heavy atom. The first-order valence-corrected chi connectivity index (χ1v) is 4.99. The van der Waals surface area contributed by atoms with Crippen molar-refractivity contribution in [3.8, 4) is 0 Å². The maximum atomic E-state index is 5.24. The minimum Gasteiger partial charge on any atom is -0.412 e. The summed E-state index contributed by atoms with van der Waals surface area (Å²) in [5.41, 5.74) is 0. The Hall–Kier alpha value is -0.0800. The average Bonchev–Trinajstić information content (AvgIpc) is 2.03. The second kappa shape index (κ2) is 13.5. The van der Waals surface area contributed by atoms with E-state index in [0.29, 0.717) is 0 Å². The molecule has 0 spiro atoms. The van der Waals surface area contributed by atoms with Crippen LogP contribution in [0.3, 0.4) is 0 Å². The van der Waals surface area contributed by atoms with Crippen LogP contribution in [0.5, 0.6) is 0 Å². The molecule has 0 fully saturated rings. The molecule has 0 atom stereocenters. The van der Waals surface area contributed by atoms with E-state index >= 15 is 0 Å². The Morgan fingerprint density at radius 2 is 1.42 bits per heavy atom. The molecule has 0 aliphatic carbocycles. The molecule has 12 heavy (non-hydrogen) atoms. The van der Waals surface area contributed by atoms with Crippen LogP contribution in [0.25, 0.3) is 0 Å². The normalized spacial score (nSPS) is 9.50. The molecule has 0 amide bonds. The van der Waals surface area contributed by atoms with Crippen LogP contribution in [-0.4, -0.2) is 18.7 Å². The fraction of sp³-hybridized carbons (Fsp3) is 1.00. The van der Waals surface area contributed by atoms with Crippen molar-refractivity contribution in [1.29, 1.82) is 0 Å². The molecule has 0 saturated heterocycles. The van der Waals surface area contributed by atoms with Gasteiger partial charge in [0.15, 0.2) is 0 Å². The number of hydrogen-bond donors (Lipinski definition) is 0. The first-order valence-electron chi connectivity index (χ1n) is 4.99. The lowest BCUT2D eigenvalue weighted by molar-refractivity contribution is 0.143. The van der Waals surface area contributed by atoms with Crippen molar-refractivity contribution in [3.63, 3.8) is 0 Å². The molecule has 2 N–H and O–H groups in total. The van der Waals surface area contributed by atoms with Gasteiger partial charge in [-0.1, -0.05) is 39.0 Å². The predicted octanol–water partition coefficient (Wildman–Crippen LogP) is 2.56. The van der Waals surface area contributed by atoms with Crippen molar-refractivity contribution < 1.29 is 10.2 Å². The van der Waals surface area contributed by atoms with Crippen molar-refractivity contribution in [1.82, 2.24) is 0 Å². The molecule has 2 heteroatoms. The zero-order valence-electron chi connectivity index (χ0n) is 8.57. The van der Waals surface area contributed by atoms with Crippen LogP contribution in [0.15, 0.2) is 0 Å². The smallest absolute Gasteiger partial charge is 0.0465 e. The van der Waals surface area contributed by atoms with E-state index in [0.717, 1.165) is 13.2 Å². The van der Waals surface area contributed by atoms with E-state index in [9.17, 15) is 0 Å². The van der Waals surface area contributed by atoms with Gasteiger partial charge in [-0.25, -0.2) is 0 Å². The van der Waals surface area contributed by atoms with E-state index in [4.69, 9.17) is 4.74 Å². The van der Waals surface area contributed by atoms with Crippen LogP contribution in [0.4, 0.5) is 0 Å². The number of rotatable bonds is 8. The van der Waals surface area contributed by atoms with Gasteiger partial charge in [0, 0.05) is 13.2 Å². The third-order valence-electron chi connectivity index (χ3n) is 1.85. The Morgan fingerprint density at radius 3 is 2.00 bits per heavy atom. The van der Waals surface area contributed by atoms with Crippen LogP contribution < -0.4 is 0 Å². The molecule has 0 aliphatic heterocycles.